The fourth-order valence-corrected chi connectivity index (χ4v) is 2.33. The van der Waals surface area contributed by atoms with Crippen molar-refractivity contribution in [1.82, 2.24) is 5.32 Å². The van der Waals surface area contributed by atoms with Crippen LogP contribution in [-0.4, -0.2) is 23.5 Å². The lowest BCUT2D eigenvalue weighted by Gasteiger charge is -2.07. The lowest BCUT2D eigenvalue weighted by atomic mass is 10.3. The molecule has 0 radical (unpaired) electrons. The van der Waals surface area contributed by atoms with Crippen LogP contribution in [0.2, 0.25) is 0 Å². The van der Waals surface area contributed by atoms with E-state index in [1.807, 2.05) is 24.3 Å². The maximum absolute atomic E-state index is 11.6. The van der Waals surface area contributed by atoms with E-state index in [1.165, 1.54) is 0 Å². The van der Waals surface area contributed by atoms with Gasteiger partial charge in [0.1, 0.15) is 0 Å². The van der Waals surface area contributed by atoms with Crippen molar-refractivity contribution >= 4 is 44.6 Å². The number of hydrogen-bond donors (Lipinski definition) is 2. The van der Waals surface area contributed by atoms with E-state index < -0.39 is 0 Å². The van der Waals surface area contributed by atoms with Gasteiger partial charge in [-0.2, -0.15) is 0 Å². The molecule has 0 aliphatic carbocycles. The van der Waals surface area contributed by atoms with Gasteiger partial charge in [-0.3, -0.25) is 10.3 Å². The molecule has 1 aromatic carbocycles. The van der Waals surface area contributed by atoms with Gasteiger partial charge in [-0.15, -0.1) is 0 Å². The molecule has 0 atom stereocenters. The van der Waals surface area contributed by atoms with Crippen LogP contribution in [0, 0.1) is 0 Å². The van der Waals surface area contributed by atoms with Crippen LogP contribution in [-0.2, 0) is 0 Å². The monoisotopic (exact) mass is 299 g/mol. The number of nitrogens with zero attached hydrogens (tertiary/aromatic N) is 1. The second-order valence-electron chi connectivity index (χ2n) is 3.09. The summed E-state index contributed by atoms with van der Waals surface area (Å²) >= 11 is 4.91. The minimum atomic E-state index is -0.264. The lowest BCUT2D eigenvalue weighted by Crippen LogP contribution is -2.32. The van der Waals surface area contributed by atoms with Gasteiger partial charge in [0, 0.05) is 10.2 Å². The molecule has 0 aromatic heterocycles. The molecule has 2 rings (SSSR count). The van der Waals surface area contributed by atoms with Gasteiger partial charge in [0.05, 0.1) is 12.2 Å². The highest BCUT2D eigenvalue weighted by atomic mass is 79.9. The third kappa shape index (κ3) is 2.99. The van der Waals surface area contributed by atoms with E-state index in [0.29, 0.717) is 5.17 Å². The molecule has 6 heteroatoms. The van der Waals surface area contributed by atoms with Crippen molar-refractivity contribution in [1.29, 1.82) is 0 Å². The van der Waals surface area contributed by atoms with Crippen LogP contribution in [0.4, 0.5) is 10.5 Å². The topological polar surface area (TPSA) is 53.5 Å². The van der Waals surface area contributed by atoms with E-state index >= 15 is 0 Å². The third-order valence-electron chi connectivity index (χ3n) is 1.93. The van der Waals surface area contributed by atoms with Gasteiger partial charge < -0.3 is 5.32 Å². The molecular formula is C10H10BrN3OS. The van der Waals surface area contributed by atoms with Gasteiger partial charge in [-0.25, -0.2) is 4.79 Å². The van der Waals surface area contributed by atoms with Crippen molar-refractivity contribution in [3.63, 3.8) is 0 Å². The quantitative estimate of drug-likeness (QED) is 0.838. The summed E-state index contributed by atoms with van der Waals surface area (Å²) in [7, 11) is 0. The first kappa shape index (κ1) is 11.5. The normalized spacial score (nSPS) is 14.4. The summed E-state index contributed by atoms with van der Waals surface area (Å²) in [6, 6.07) is 7.19. The van der Waals surface area contributed by atoms with Crippen LogP contribution in [0.1, 0.15) is 0 Å². The maximum Gasteiger partial charge on any atom is 0.325 e. The molecule has 84 valence electrons. The molecule has 0 spiro atoms. The number of carbonyl (C=O) groups excluding carboxylic acids is 1. The van der Waals surface area contributed by atoms with Gasteiger partial charge in [-0.1, -0.05) is 23.9 Å². The molecule has 1 aliphatic heterocycles. The maximum atomic E-state index is 11.6. The smallest absolute Gasteiger partial charge is 0.307 e. The molecule has 0 saturated carbocycles. The molecule has 2 N–H and O–H groups in total. The highest BCUT2D eigenvalue weighted by Gasteiger charge is 2.11. The first-order chi connectivity index (χ1) is 7.75. The summed E-state index contributed by atoms with van der Waals surface area (Å²) in [5.41, 5.74) is 0.739. The summed E-state index contributed by atoms with van der Waals surface area (Å²) in [4.78, 5) is 15.7. The molecule has 16 heavy (non-hydrogen) atoms. The summed E-state index contributed by atoms with van der Waals surface area (Å²) < 4.78 is 0.853. The van der Waals surface area contributed by atoms with E-state index in [2.05, 4.69) is 31.6 Å². The molecule has 4 nitrogen and oxygen atoms in total. The second kappa shape index (κ2) is 5.36. The number of urea groups is 1. The standard InChI is InChI=1S/C10H10BrN3OS/c11-7-3-1-2-4-8(7)13-9(15)14-10-12-5-6-16-10/h1-4H,5-6H2,(H2,12,13,14,15). The zero-order valence-corrected chi connectivity index (χ0v) is 10.8. The zero-order valence-electron chi connectivity index (χ0n) is 8.37. The molecule has 1 aromatic rings. The minimum Gasteiger partial charge on any atom is -0.307 e. The lowest BCUT2D eigenvalue weighted by molar-refractivity contribution is 0.256. The van der Waals surface area contributed by atoms with Crippen molar-refractivity contribution < 1.29 is 4.79 Å². The molecule has 0 bridgehead atoms. The van der Waals surface area contributed by atoms with Gasteiger partial charge in [0.2, 0.25) is 0 Å². The minimum absolute atomic E-state index is 0.264. The Bertz CT molecular complexity index is 436. The van der Waals surface area contributed by atoms with Crippen LogP contribution in [0.5, 0.6) is 0 Å². The highest BCUT2D eigenvalue weighted by Crippen LogP contribution is 2.21. The van der Waals surface area contributed by atoms with Crippen LogP contribution in [0.3, 0.4) is 0 Å². The first-order valence-corrected chi connectivity index (χ1v) is 6.53. The van der Waals surface area contributed by atoms with E-state index in [-0.39, 0.29) is 6.03 Å². The fraction of sp³-hybridized carbons (Fsp3) is 0.200. The Morgan fingerprint density at radius 2 is 2.19 bits per heavy atom. The molecule has 0 fully saturated rings. The Morgan fingerprint density at radius 3 is 2.88 bits per heavy atom. The fourth-order valence-electron chi connectivity index (χ4n) is 1.22. The SMILES string of the molecule is O=C(NC1=NCCS1)Nc1ccccc1Br. The largest absolute Gasteiger partial charge is 0.325 e. The van der Waals surface area contributed by atoms with Crippen molar-refractivity contribution in [3.05, 3.63) is 28.7 Å². The second-order valence-corrected chi connectivity index (χ2v) is 5.03. The first-order valence-electron chi connectivity index (χ1n) is 4.75. The van der Waals surface area contributed by atoms with Crippen molar-refractivity contribution in [2.45, 2.75) is 0 Å². The average molecular weight is 300 g/mol. The summed E-state index contributed by atoms with van der Waals surface area (Å²) in [5, 5.41) is 6.13. The number of amidine groups is 1. The van der Waals surface area contributed by atoms with Gasteiger partial charge >= 0.3 is 6.03 Å². The Morgan fingerprint density at radius 1 is 1.38 bits per heavy atom. The number of benzene rings is 1. The molecule has 1 heterocycles. The Kier molecular flexibility index (Phi) is 3.84. The van der Waals surface area contributed by atoms with Gasteiger partial charge in [-0.05, 0) is 28.1 Å². The molecule has 1 aliphatic rings. The number of carbonyl (C=O) groups is 1. The van der Waals surface area contributed by atoms with E-state index in [0.717, 1.165) is 22.5 Å². The molecule has 2 amide bonds. The Balaban J connectivity index is 1.94. The summed E-state index contributed by atoms with van der Waals surface area (Å²) in [5.74, 6) is 0.935. The molecule has 0 unspecified atom stereocenters. The molecule has 0 saturated heterocycles. The predicted octanol–water partition coefficient (Wildman–Crippen LogP) is 2.67. The average Bonchev–Trinajstić information content (AvgIpc) is 2.74. The number of para-hydroxylation sites is 1. The number of anilines is 1. The van der Waals surface area contributed by atoms with E-state index in [9.17, 15) is 4.79 Å². The summed E-state index contributed by atoms with van der Waals surface area (Å²) in [6.45, 7) is 0.773. The number of halogens is 1. The number of aliphatic imine (C=N–C) groups is 1. The van der Waals surface area contributed by atoms with Gasteiger partial charge in [0.15, 0.2) is 5.17 Å². The van der Waals surface area contributed by atoms with Crippen LogP contribution in [0.15, 0.2) is 33.7 Å². The van der Waals surface area contributed by atoms with Crippen molar-refractivity contribution in [2.75, 3.05) is 17.6 Å². The molecular weight excluding hydrogens is 290 g/mol. The van der Waals surface area contributed by atoms with Crippen LogP contribution in [0.25, 0.3) is 0 Å². The highest BCUT2D eigenvalue weighted by molar-refractivity contribution is 9.10. The predicted molar refractivity (Wildman–Crippen MR) is 71.1 cm³/mol. The van der Waals surface area contributed by atoms with E-state index in [4.69, 9.17) is 0 Å². The number of amides is 2. The summed E-state index contributed by atoms with van der Waals surface area (Å²) in [6.07, 6.45) is 0. The zero-order chi connectivity index (χ0) is 11.4. The van der Waals surface area contributed by atoms with Crippen molar-refractivity contribution in [2.24, 2.45) is 4.99 Å². The van der Waals surface area contributed by atoms with Crippen molar-refractivity contribution in [3.8, 4) is 0 Å². The number of rotatable bonds is 1. The third-order valence-corrected chi connectivity index (χ3v) is 3.51. The van der Waals surface area contributed by atoms with E-state index in [1.54, 1.807) is 11.8 Å². The van der Waals surface area contributed by atoms with Crippen LogP contribution < -0.4 is 10.6 Å². The number of thioether (sulfide) groups is 1. The number of hydrogen-bond acceptors (Lipinski definition) is 3. The Hall–Kier alpha value is -1.01. The van der Waals surface area contributed by atoms with Gasteiger partial charge in [0.25, 0.3) is 0 Å². The number of nitrogens with one attached hydrogen (secondary N) is 2. The van der Waals surface area contributed by atoms with Crippen LogP contribution >= 0.6 is 27.7 Å². The Labute approximate surface area is 106 Å².